The zero-order valence-corrected chi connectivity index (χ0v) is 18.8. The first-order chi connectivity index (χ1) is 15.6. The molecule has 5 rings (SSSR count). The zero-order chi connectivity index (χ0) is 22.1. The second kappa shape index (κ2) is 9.00. The van der Waals surface area contributed by atoms with E-state index in [0.717, 1.165) is 73.2 Å². The maximum Gasteiger partial charge on any atom is 0.228 e. The average molecular weight is 434 g/mol. The molecule has 7 heteroatoms. The van der Waals surface area contributed by atoms with E-state index >= 15 is 0 Å². The molecule has 2 aromatic heterocycles. The minimum atomic E-state index is 0.0454. The van der Waals surface area contributed by atoms with Crippen LogP contribution in [0.5, 0.6) is 0 Å². The van der Waals surface area contributed by atoms with Gasteiger partial charge in [-0.2, -0.15) is 0 Å². The molecule has 7 nitrogen and oxygen atoms in total. The number of aromatic nitrogens is 3. The number of carbonyl (C=O) groups is 1. The van der Waals surface area contributed by atoms with Gasteiger partial charge < -0.3 is 19.9 Å². The molecule has 0 radical (unpaired) electrons. The van der Waals surface area contributed by atoms with Crippen LogP contribution in [0.1, 0.15) is 31.5 Å². The van der Waals surface area contributed by atoms with Crippen LogP contribution in [0, 0.1) is 18.8 Å². The number of nitrogens with one attached hydrogen (secondary N) is 2. The third-order valence-electron chi connectivity index (χ3n) is 7.11. The van der Waals surface area contributed by atoms with Crippen LogP contribution in [0.4, 0.5) is 5.82 Å². The number of amides is 1. The Bertz CT molecular complexity index is 1110. The first-order valence-electron chi connectivity index (χ1n) is 11.6. The minimum Gasteiger partial charge on any atom is -0.375 e. The Hall–Kier alpha value is -2.77. The van der Waals surface area contributed by atoms with Gasteiger partial charge in [-0.1, -0.05) is 12.1 Å². The highest BCUT2D eigenvalue weighted by molar-refractivity contribution is 5.95. The van der Waals surface area contributed by atoms with E-state index in [1.54, 1.807) is 0 Å². The molecule has 1 aromatic carbocycles. The summed E-state index contributed by atoms with van der Waals surface area (Å²) in [4.78, 5) is 21.8. The largest absolute Gasteiger partial charge is 0.375 e. The van der Waals surface area contributed by atoms with E-state index in [1.165, 1.54) is 0 Å². The lowest BCUT2D eigenvalue weighted by Crippen LogP contribution is -2.44. The topological polar surface area (TPSA) is 81.1 Å². The lowest BCUT2D eigenvalue weighted by Gasteiger charge is -2.35. The van der Waals surface area contributed by atoms with Gasteiger partial charge in [-0.3, -0.25) is 4.79 Å². The SMILES string of the molecule is Cc1ncc(-c2ccc3cnc(NC(=O)[C@H]4CC[C@@H](C5CNCCO5)CC4)cc3c2)n1C. The smallest absolute Gasteiger partial charge is 0.228 e. The summed E-state index contributed by atoms with van der Waals surface area (Å²) in [6.07, 6.45) is 7.93. The van der Waals surface area contributed by atoms with Crippen molar-refractivity contribution >= 4 is 22.5 Å². The first kappa shape index (κ1) is 21.1. The molecule has 1 atom stereocenters. The van der Waals surface area contributed by atoms with Crippen molar-refractivity contribution in [2.75, 3.05) is 25.0 Å². The number of carbonyl (C=O) groups excluding carboxylic acids is 1. The van der Waals surface area contributed by atoms with Gasteiger partial charge in [0.1, 0.15) is 11.6 Å². The van der Waals surface area contributed by atoms with Gasteiger partial charge in [0.15, 0.2) is 0 Å². The zero-order valence-electron chi connectivity index (χ0n) is 18.8. The van der Waals surface area contributed by atoms with Crippen molar-refractivity contribution in [1.82, 2.24) is 19.9 Å². The molecule has 1 saturated heterocycles. The van der Waals surface area contributed by atoms with Gasteiger partial charge in [-0.25, -0.2) is 9.97 Å². The van der Waals surface area contributed by atoms with Crippen molar-refractivity contribution < 1.29 is 9.53 Å². The predicted molar refractivity (Wildman–Crippen MR) is 125 cm³/mol. The Morgan fingerprint density at radius 3 is 2.69 bits per heavy atom. The Balaban J connectivity index is 1.25. The second-order valence-electron chi connectivity index (χ2n) is 9.10. The molecule has 1 aliphatic carbocycles. The highest BCUT2D eigenvalue weighted by Crippen LogP contribution is 2.33. The lowest BCUT2D eigenvalue weighted by molar-refractivity contribution is -0.121. The molecule has 1 amide bonds. The van der Waals surface area contributed by atoms with Crippen LogP contribution in [0.25, 0.3) is 22.0 Å². The summed E-state index contributed by atoms with van der Waals surface area (Å²) in [5.74, 6) is 2.27. The summed E-state index contributed by atoms with van der Waals surface area (Å²) in [6.45, 7) is 4.66. The summed E-state index contributed by atoms with van der Waals surface area (Å²) in [5.41, 5.74) is 2.17. The standard InChI is InChI=1S/C25H31N5O2/c1-16-27-14-22(30(16)2)19-7-8-20-13-28-24(12-21(20)11-19)29-25(31)18-5-3-17(4-6-18)23-15-26-9-10-32-23/h7-8,11-14,17-18,23,26H,3-6,9-10,15H2,1-2H3,(H,28,29,31)/t17-,18+,23?. The molecule has 2 fully saturated rings. The number of nitrogens with zero attached hydrogens (tertiary/aromatic N) is 3. The second-order valence-corrected chi connectivity index (χ2v) is 9.10. The quantitative estimate of drug-likeness (QED) is 0.656. The molecule has 168 valence electrons. The van der Waals surface area contributed by atoms with E-state index in [9.17, 15) is 4.79 Å². The first-order valence-corrected chi connectivity index (χ1v) is 11.6. The third-order valence-corrected chi connectivity index (χ3v) is 7.11. The predicted octanol–water partition coefficient (Wildman–Crippen LogP) is 3.68. The van der Waals surface area contributed by atoms with Gasteiger partial charge in [0.2, 0.25) is 5.91 Å². The molecule has 3 aromatic rings. The summed E-state index contributed by atoms with van der Waals surface area (Å²) < 4.78 is 8.00. The number of imidazole rings is 1. The van der Waals surface area contributed by atoms with Crippen molar-refractivity contribution in [2.45, 2.75) is 38.7 Å². The Morgan fingerprint density at radius 2 is 1.97 bits per heavy atom. The highest BCUT2D eigenvalue weighted by Gasteiger charge is 2.32. The summed E-state index contributed by atoms with van der Waals surface area (Å²) >= 11 is 0. The normalized spacial score (nSPS) is 23.9. The molecule has 1 aliphatic heterocycles. The number of ether oxygens (including phenoxy) is 1. The van der Waals surface area contributed by atoms with Crippen LogP contribution in [0.3, 0.4) is 0 Å². The number of benzene rings is 1. The fraction of sp³-hybridized carbons (Fsp3) is 0.480. The highest BCUT2D eigenvalue weighted by atomic mass is 16.5. The number of rotatable bonds is 4. The fourth-order valence-corrected chi connectivity index (χ4v) is 5.01. The van der Waals surface area contributed by atoms with Crippen LogP contribution < -0.4 is 10.6 Å². The van der Waals surface area contributed by atoms with Crippen molar-refractivity contribution in [2.24, 2.45) is 18.9 Å². The molecule has 0 bridgehead atoms. The van der Waals surface area contributed by atoms with Crippen LogP contribution in [-0.4, -0.2) is 46.2 Å². The van der Waals surface area contributed by atoms with E-state index in [-0.39, 0.29) is 11.8 Å². The van der Waals surface area contributed by atoms with Crippen LogP contribution in [0.2, 0.25) is 0 Å². The molecular formula is C25H31N5O2. The van der Waals surface area contributed by atoms with Crippen molar-refractivity contribution in [3.63, 3.8) is 0 Å². The van der Waals surface area contributed by atoms with Crippen molar-refractivity contribution in [3.05, 3.63) is 42.5 Å². The van der Waals surface area contributed by atoms with Gasteiger partial charge in [0.25, 0.3) is 0 Å². The van der Waals surface area contributed by atoms with Crippen molar-refractivity contribution in [3.8, 4) is 11.3 Å². The lowest BCUT2D eigenvalue weighted by atomic mass is 9.78. The monoisotopic (exact) mass is 433 g/mol. The van der Waals surface area contributed by atoms with Gasteiger partial charge >= 0.3 is 0 Å². The Morgan fingerprint density at radius 1 is 1.12 bits per heavy atom. The van der Waals surface area contributed by atoms with E-state index in [1.807, 2.05) is 32.4 Å². The summed E-state index contributed by atoms with van der Waals surface area (Å²) in [5, 5.41) is 8.58. The van der Waals surface area contributed by atoms with Crippen LogP contribution >= 0.6 is 0 Å². The van der Waals surface area contributed by atoms with Gasteiger partial charge in [0.05, 0.1) is 24.6 Å². The summed E-state index contributed by atoms with van der Waals surface area (Å²) in [7, 11) is 2.02. The van der Waals surface area contributed by atoms with Gasteiger partial charge in [-0.15, -0.1) is 0 Å². The maximum atomic E-state index is 12.9. The van der Waals surface area contributed by atoms with Crippen molar-refractivity contribution in [1.29, 1.82) is 0 Å². The molecule has 0 spiro atoms. The minimum absolute atomic E-state index is 0.0454. The number of aryl methyl sites for hydroxylation is 1. The number of fused-ring (bicyclic) bond motifs is 1. The van der Waals surface area contributed by atoms with Crippen LogP contribution in [0.15, 0.2) is 36.7 Å². The molecule has 3 heterocycles. The number of hydrogen-bond acceptors (Lipinski definition) is 5. The molecular weight excluding hydrogens is 402 g/mol. The van der Waals surface area contributed by atoms with E-state index in [0.29, 0.717) is 17.8 Å². The van der Waals surface area contributed by atoms with E-state index < -0.39 is 0 Å². The average Bonchev–Trinajstić information content (AvgIpc) is 3.17. The van der Waals surface area contributed by atoms with E-state index in [4.69, 9.17) is 4.74 Å². The number of hydrogen-bond donors (Lipinski definition) is 2. The van der Waals surface area contributed by atoms with Gasteiger partial charge in [-0.05, 0) is 56.0 Å². The Labute approximate surface area is 188 Å². The molecule has 2 N–H and O–H groups in total. The number of anilines is 1. The Kier molecular flexibility index (Phi) is 5.93. The molecule has 2 aliphatic rings. The summed E-state index contributed by atoms with van der Waals surface area (Å²) in [6, 6.07) is 8.25. The molecule has 1 saturated carbocycles. The third kappa shape index (κ3) is 4.27. The van der Waals surface area contributed by atoms with Crippen LogP contribution in [-0.2, 0) is 16.6 Å². The fourth-order valence-electron chi connectivity index (χ4n) is 5.01. The maximum absolute atomic E-state index is 12.9. The molecule has 1 unspecified atom stereocenters. The van der Waals surface area contributed by atoms with E-state index in [2.05, 4.69) is 43.4 Å². The van der Waals surface area contributed by atoms with Gasteiger partial charge in [0, 0.05) is 43.2 Å². The number of morpholine rings is 1. The number of pyridine rings is 1. The molecule has 32 heavy (non-hydrogen) atoms.